The summed E-state index contributed by atoms with van der Waals surface area (Å²) in [4.78, 5) is 55.4. The maximum atomic E-state index is 12.9. The molecular formula is C31H46N2O6S4. The number of nitrogens with zero attached hydrogens (tertiary/aromatic N) is 2. The number of rotatable bonds is 16. The van der Waals surface area contributed by atoms with Gasteiger partial charge in [0.25, 0.3) is 11.8 Å². The molecule has 8 nitrogen and oxygen atoms in total. The van der Waals surface area contributed by atoms with Gasteiger partial charge in [-0.2, -0.15) is 0 Å². The van der Waals surface area contributed by atoms with Gasteiger partial charge < -0.3 is 0 Å². The number of thioether (sulfide) groups is 2. The Kier molecular flexibility index (Phi) is 12.0. The molecular weight excluding hydrogens is 625 g/mol. The molecule has 0 aliphatic carbocycles. The molecule has 0 aromatic heterocycles. The van der Waals surface area contributed by atoms with Crippen molar-refractivity contribution in [3.63, 3.8) is 0 Å². The van der Waals surface area contributed by atoms with Crippen molar-refractivity contribution in [1.82, 2.24) is 9.80 Å². The second-order valence-electron chi connectivity index (χ2n) is 13.6. The van der Waals surface area contributed by atoms with E-state index < -0.39 is 21.6 Å². The van der Waals surface area contributed by atoms with Crippen LogP contribution < -0.4 is 0 Å². The maximum Gasteiger partial charge on any atom is 0.254 e. The van der Waals surface area contributed by atoms with Gasteiger partial charge in [0, 0.05) is 79.7 Å². The highest BCUT2D eigenvalue weighted by molar-refractivity contribution is 8.03. The second kappa shape index (κ2) is 14.9. The van der Waals surface area contributed by atoms with E-state index in [9.17, 15) is 27.6 Å². The van der Waals surface area contributed by atoms with E-state index in [1.165, 1.54) is 9.80 Å². The first kappa shape index (κ1) is 34.6. The number of fused-ring (bicyclic) bond motifs is 2. The first-order valence-corrected chi connectivity index (χ1v) is 20.3. The molecule has 2 fully saturated rings. The summed E-state index contributed by atoms with van der Waals surface area (Å²) in [6.07, 6.45) is 8.49. The third kappa shape index (κ3) is 9.39. The molecule has 4 heterocycles. The zero-order chi connectivity index (χ0) is 31.4. The van der Waals surface area contributed by atoms with Crippen molar-refractivity contribution in [3.8, 4) is 0 Å². The molecule has 0 radical (unpaired) electrons. The van der Waals surface area contributed by atoms with Gasteiger partial charge in [-0.05, 0) is 67.3 Å². The summed E-state index contributed by atoms with van der Waals surface area (Å²) in [6.45, 7) is 8.95. The van der Waals surface area contributed by atoms with Crippen molar-refractivity contribution >= 4 is 68.8 Å². The van der Waals surface area contributed by atoms with E-state index in [1.807, 2.05) is 27.7 Å². The van der Waals surface area contributed by atoms with Crippen molar-refractivity contribution in [2.45, 2.75) is 72.6 Å². The van der Waals surface area contributed by atoms with Gasteiger partial charge in [-0.3, -0.25) is 37.4 Å². The summed E-state index contributed by atoms with van der Waals surface area (Å²) in [5.41, 5.74) is -0.517. The molecule has 4 rings (SSSR count). The largest absolute Gasteiger partial charge is 0.278 e. The van der Waals surface area contributed by atoms with Gasteiger partial charge in [-0.25, -0.2) is 0 Å². The zero-order valence-corrected chi connectivity index (χ0v) is 29.2. The van der Waals surface area contributed by atoms with Crippen LogP contribution in [0.25, 0.3) is 0 Å². The van der Waals surface area contributed by atoms with Crippen molar-refractivity contribution in [1.29, 1.82) is 0 Å². The van der Waals surface area contributed by atoms with E-state index in [4.69, 9.17) is 0 Å². The molecule has 43 heavy (non-hydrogen) atoms. The molecule has 0 N–H and O–H groups in total. The molecule has 0 saturated carbocycles. The summed E-state index contributed by atoms with van der Waals surface area (Å²) in [7, 11) is -2.00. The Morgan fingerprint density at radius 2 is 1.05 bits per heavy atom. The quantitative estimate of drug-likeness (QED) is 0.221. The van der Waals surface area contributed by atoms with Crippen LogP contribution in [0.2, 0.25) is 0 Å². The molecule has 4 aliphatic heterocycles. The Bertz CT molecular complexity index is 1130. The van der Waals surface area contributed by atoms with Crippen LogP contribution in [0.15, 0.2) is 22.0 Å². The van der Waals surface area contributed by atoms with Crippen molar-refractivity contribution in [3.05, 3.63) is 22.0 Å². The Hall–Kier alpha value is -1.24. The van der Waals surface area contributed by atoms with Crippen LogP contribution in [0.4, 0.5) is 0 Å². The molecule has 4 atom stereocenters. The molecule has 2 saturated heterocycles. The van der Waals surface area contributed by atoms with Crippen LogP contribution in [0, 0.1) is 22.7 Å². The molecule has 0 bridgehead atoms. The third-order valence-electron chi connectivity index (χ3n) is 8.60. The zero-order valence-electron chi connectivity index (χ0n) is 25.9. The first-order valence-electron chi connectivity index (χ1n) is 15.4. The fraction of sp³-hybridized carbons (Fsp3) is 0.742. The number of imide groups is 2. The van der Waals surface area contributed by atoms with E-state index >= 15 is 0 Å². The molecule has 4 aliphatic rings. The van der Waals surface area contributed by atoms with Gasteiger partial charge in [0.05, 0.1) is 11.8 Å². The van der Waals surface area contributed by atoms with Gasteiger partial charge in [0.1, 0.15) is 0 Å². The molecule has 4 amide bonds. The van der Waals surface area contributed by atoms with Gasteiger partial charge in [0.15, 0.2) is 0 Å². The minimum Gasteiger partial charge on any atom is -0.278 e. The molecule has 0 spiro atoms. The van der Waals surface area contributed by atoms with Crippen LogP contribution in [0.5, 0.6) is 0 Å². The Morgan fingerprint density at radius 3 is 1.44 bits per heavy atom. The van der Waals surface area contributed by atoms with Gasteiger partial charge in [-0.1, -0.05) is 27.7 Å². The van der Waals surface area contributed by atoms with Gasteiger partial charge in [-0.15, -0.1) is 23.5 Å². The molecule has 0 aromatic rings. The smallest absolute Gasteiger partial charge is 0.254 e. The van der Waals surface area contributed by atoms with Crippen LogP contribution in [-0.4, -0.2) is 89.5 Å². The van der Waals surface area contributed by atoms with E-state index in [-0.39, 0.29) is 46.3 Å². The highest BCUT2D eigenvalue weighted by Gasteiger charge is 2.41. The van der Waals surface area contributed by atoms with Crippen LogP contribution in [-0.2, 0) is 40.8 Å². The van der Waals surface area contributed by atoms with Crippen molar-refractivity contribution < 1.29 is 27.6 Å². The molecule has 4 unspecified atom stereocenters. The maximum absolute atomic E-state index is 12.9. The van der Waals surface area contributed by atoms with Crippen molar-refractivity contribution in [2.75, 3.05) is 47.6 Å². The minimum absolute atomic E-state index is 0.0768. The average Bonchev–Trinajstić information content (AvgIpc) is 3.58. The number of hydrogen-bond acceptors (Lipinski definition) is 8. The predicted molar refractivity (Wildman–Crippen MR) is 177 cm³/mol. The minimum atomic E-state index is -0.998. The monoisotopic (exact) mass is 670 g/mol. The Labute approximate surface area is 269 Å². The van der Waals surface area contributed by atoms with E-state index in [0.717, 1.165) is 59.8 Å². The standard InChI is InChI=1S/C31H46N2O6S4/c1-30(2,20-32-26(34)18-24-22(28(32)36)8-12-40-24)10-5-14-42(38)16-7-17-43(39)15-6-11-31(3,4)21-33-27(35)19-25-23(29(33)37)9-13-41-25/h18-19,22-23H,5-17,20-21H2,1-4H3. The lowest BCUT2D eigenvalue weighted by Crippen LogP contribution is -2.47. The van der Waals surface area contributed by atoms with E-state index in [0.29, 0.717) is 42.5 Å². The number of carbonyl (C=O) groups excluding carboxylic acids is 4. The van der Waals surface area contributed by atoms with Crippen LogP contribution in [0.3, 0.4) is 0 Å². The van der Waals surface area contributed by atoms with Crippen LogP contribution in [0.1, 0.15) is 72.6 Å². The van der Waals surface area contributed by atoms with Crippen LogP contribution >= 0.6 is 23.5 Å². The third-order valence-corrected chi connectivity index (χ3v) is 13.9. The lowest BCUT2D eigenvalue weighted by Gasteiger charge is -2.34. The highest BCUT2D eigenvalue weighted by atomic mass is 32.2. The lowest BCUT2D eigenvalue weighted by atomic mass is 9.86. The second-order valence-corrected chi connectivity index (χ2v) is 19.3. The Balaban J connectivity index is 1.08. The van der Waals surface area contributed by atoms with Crippen molar-refractivity contribution in [2.24, 2.45) is 22.7 Å². The fourth-order valence-electron chi connectivity index (χ4n) is 6.18. The highest BCUT2D eigenvalue weighted by Crippen LogP contribution is 2.42. The Morgan fingerprint density at radius 1 is 0.674 bits per heavy atom. The lowest BCUT2D eigenvalue weighted by molar-refractivity contribution is -0.148. The number of amides is 4. The first-order chi connectivity index (χ1) is 20.3. The number of carbonyl (C=O) groups is 4. The molecule has 0 aromatic carbocycles. The average molecular weight is 671 g/mol. The SMILES string of the molecule is CC(C)(CCCS(=O)CCCS(=O)CCCC(C)(C)CN1C(=O)C=C2SCCC2C1=O)CN1C(=O)C=C2SCCC2C1=O. The topological polar surface area (TPSA) is 109 Å². The summed E-state index contributed by atoms with van der Waals surface area (Å²) in [5.74, 6) is 3.01. The molecule has 12 heteroatoms. The predicted octanol–water partition coefficient (Wildman–Crippen LogP) is 4.50. The molecule has 240 valence electrons. The normalized spacial score (nSPS) is 24.2. The summed E-state index contributed by atoms with van der Waals surface area (Å²) in [5, 5.41) is 0. The summed E-state index contributed by atoms with van der Waals surface area (Å²) < 4.78 is 25.2. The van der Waals surface area contributed by atoms with Gasteiger partial charge in [0.2, 0.25) is 11.8 Å². The van der Waals surface area contributed by atoms with E-state index in [2.05, 4.69) is 0 Å². The van der Waals surface area contributed by atoms with E-state index in [1.54, 1.807) is 35.7 Å². The summed E-state index contributed by atoms with van der Waals surface area (Å²) >= 11 is 3.21. The summed E-state index contributed by atoms with van der Waals surface area (Å²) in [6, 6.07) is 0. The fourth-order valence-corrected chi connectivity index (χ4v) is 11.0. The number of hydrogen-bond donors (Lipinski definition) is 0. The van der Waals surface area contributed by atoms with Gasteiger partial charge >= 0.3 is 0 Å².